The second kappa shape index (κ2) is 7.15. The van der Waals surface area contributed by atoms with Gasteiger partial charge in [-0.1, -0.05) is 0 Å². The molecule has 0 aromatic heterocycles. The average molecular weight is 410 g/mol. The van der Waals surface area contributed by atoms with Crippen molar-refractivity contribution in [3.63, 3.8) is 0 Å². The molecular weight excluding hydrogens is 400 g/mol. The van der Waals surface area contributed by atoms with Crippen LogP contribution in [0.2, 0.25) is 0 Å². The van der Waals surface area contributed by atoms with Crippen molar-refractivity contribution in [1.29, 1.82) is 0 Å². The number of ether oxygens (including phenoxy) is 1. The van der Waals surface area contributed by atoms with Crippen LogP contribution in [-0.4, -0.2) is 64.7 Å². The highest BCUT2D eigenvalue weighted by Crippen LogP contribution is 2.47. The molecule has 13 heteroatoms. The van der Waals surface area contributed by atoms with E-state index in [4.69, 9.17) is 25.2 Å². The fraction of sp³-hybridized carbons (Fsp3) is 0. The molecule has 2 aromatic carbocycles. The highest BCUT2D eigenvalue weighted by atomic mass is 16.5. The Hall–Kier alpha value is -4.68. The fourth-order valence-corrected chi connectivity index (χ4v) is 2.31. The number of rotatable bonds is 6. The summed E-state index contributed by atoms with van der Waals surface area (Å²) in [5.74, 6) is -14.8. The minimum Gasteiger partial charge on any atom is -0.504 e. The lowest BCUT2D eigenvalue weighted by molar-refractivity contribution is 0.0647. The van der Waals surface area contributed by atoms with Gasteiger partial charge in [-0.05, 0) is 0 Å². The third kappa shape index (κ3) is 3.46. The van der Waals surface area contributed by atoms with E-state index in [-0.39, 0.29) is 0 Å². The van der Waals surface area contributed by atoms with E-state index in [9.17, 15) is 39.6 Å². The van der Waals surface area contributed by atoms with Gasteiger partial charge in [-0.3, -0.25) is 0 Å². The molecule has 0 amide bonds. The standard InChI is InChI=1S/C16H10O13/c17-9-5(1-3(13(21)22)7(11(9)19)15(25)26)29-6-2-4(14(23)24)8(16(27)28)12(20)10(6)18/h1-2,17-20H,(H,21,22)(H,23,24)(H,25,26)(H,27,28). The Kier molecular flexibility index (Phi) is 5.08. The van der Waals surface area contributed by atoms with Crippen molar-refractivity contribution in [2.45, 2.75) is 0 Å². The lowest BCUT2D eigenvalue weighted by Crippen LogP contribution is -2.10. The van der Waals surface area contributed by atoms with Crippen LogP contribution in [-0.2, 0) is 0 Å². The number of carboxylic acids is 4. The first-order chi connectivity index (χ1) is 13.4. The van der Waals surface area contributed by atoms with E-state index in [0.29, 0.717) is 12.1 Å². The van der Waals surface area contributed by atoms with Crippen molar-refractivity contribution >= 4 is 23.9 Å². The van der Waals surface area contributed by atoms with Crippen LogP contribution in [0.25, 0.3) is 0 Å². The number of phenolic OH excluding ortho intramolecular Hbond substituents is 2. The van der Waals surface area contributed by atoms with E-state index >= 15 is 0 Å². The van der Waals surface area contributed by atoms with Gasteiger partial charge in [0.15, 0.2) is 23.0 Å². The highest BCUT2D eigenvalue weighted by molar-refractivity contribution is 6.06. The summed E-state index contributed by atoms with van der Waals surface area (Å²) in [6.45, 7) is 0. The maximum Gasteiger partial charge on any atom is 0.340 e. The summed E-state index contributed by atoms with van der Waals surface area (Å²) in [5.41, 5.74) is -4.43. The van der Waals surface area contributed by atoms with Gasteiger partial charge in [-0.25, -0.2) is 19.2 Å². The number of phenols is 4. The van der Waals surface area contributed by atoms with Gasteiger partial charge < -0.3 is 45.6 Å². The fourth-order valence-electron chi connectivity index (χ4n) is 2.31. The van der Waals surface area contributed by atoms with Gasteiger partial charge in [0.25, 0.3) is 0 Å². The molecule has 29 heavy (non-hydrogen) atoms. The second-order valence-electron chi connectivity index (χ2n) is 5.31. The molecule has 2 rings (SSSR count). The summed E-state index contributed by atoms with van der Waals surface area (Å²) in [6.07, 6.45) is 0. The lowest BCUT2D eigenvalue weighted by Gasteiger charge is -2.15. The summed E-state index contributed by atoms with van der Waals surface area (Å²) in [6, 6.07) is 0.895. The molecule has 0 aliphatic carbocycles. The smallest absolute Gasteiger partial charge is 0.340 e. The van der Waals surface area contributed by atoms with E-state index < -0.39 is 80.6 Å². The maximum absolute atomic E-state index is 11.2. The van der Waals surface area contributed by atoms with Gasteiger partial charge in [0.05, 0.1) is 11.1 Å². The van der Waals surface area contributed by atoms with Crippen LogP contribution < -0.4 is 4.74 Å². The summed E-state index contributed by atoms with van der Waals surface area (Å²) in [4.78, 5) is 44.7. The first kappa shape index (κ1) is 20.6. The Morgan fingerprint density at radius 2 is 0.862 bits per heavy atom. The normalized spacial score (nSPS) is 10.3. The van der Waals surface area contributed by atoms with Crippen LogP contribution in [0, 0.1) is 0 Å². The molecular formula is C16H10O13. The minimum absolute atomic E-state index is 0.447. The Labute approximate surface area is 158 Å². The van der Waals surface area contributed by atoms with Crippen LogP contribution in [0.15, 0.2) is 12.1 Å². The van der Waals surface area contributed by atoms with Gasteiger partial charge >= 0.3 is 23.9 Å². The molecule has 0 aliphatic heterocycles. The van der Waals surface area contributed by atoms with Crippen molar-refractivity contribution in [3.8, 4) is 34.5 Å². The number of aromatic carboxylic acids is 4. The summed E-state index contributed by atoms with van der Waals surface area (Å²) in [7, 11) is 0. The molecule has 152 valence electrons. The number of benzene rings is 2. The summed E-state index contributed by atoms with van der Waals surface area (Å²) >= 11 is 0. The van der Waals surface area contributed by atoms with Gasteiger partial charge in [-0.15, -0.1) is 0 Å². The van der Waals surface area contributed by atoms with Crippen molar-refractivity contribution in [3.05, 3.63) is 34.4 Å². The van der Waals surface area contributed by atoms with E-state index in [1.807, 2.05) is 0 Å². The third-order valence-corrected chi connectivity index (χ3v) is 3.59. The second-order valence-corrected chi connectivity index (χ2v) is 5.31. The first-order valence-corrected chi connectivity index (χ1v) is 7.17. The van der Waals surface area contributed by atoms with E-state index in [0.717, 1.165) is 0 Å². The zero-order valence-electron chi connectivity index (χ0n) is 13.8. The third-order valence-electron chi connectivity index (χ3n) is 3.59. The van der Waals surface area contributed by atoms with Crippen molar-refractivity contribution in [1.82, 2.24) is 0 Å². The Balaban J connectivity index is 2.75. The topological polar surface area (TPSA) is 239 Å². The van der Waals surface area contributed by atoms with Gasteiger partial charge in [0, 0.05) is 12.1 Å². The van der Waals surface area contributed by atoms with Crippen molar-refractivity contribution in [2.24, 2.45) is 0 Å². The quantitative estimate of drug-likeness (QED) is 0.311. The molecule has 2 aromatic rings. The van der Waals surface area contributed by atoms with Crippen LogP contribution in [0.5, 0.6) is 34.5 Å². The van der Waals surface area contributed by atoms with E-state index in [2.05, 4.69) is 0 Å². The molecule has 0 heterocycles. The van der Waals surface area contributed by atoms with Crippen LogP contribution >= 0.6 is 0 Å². The van der Waals surface area contributed by atoms with Gasteiger partial charge in [0.1, 0.15) is 11.1 Å². The Morgan fingerprint density at radius 3 is 1.10 bits per heavy atom. The zero-order chi connectivity index (χ0) is 22.2. The molecule has 0 saturated carbocycles. The number of aromatic hydroxyl groups is 4. The van der Waals surface area contributed by atoms with Crippen molar-refractivity contribution < 1.29 is 64.8 Å². The Morgan fingerprint density at radius 1 is 0.552 bits per heavy atom. The first-order valence-electron chi connectivity index (χ1n) is 7.17. The molecule has 0 bridgehead atoms. The molecule has 0 saturated heterocycles. The summed E-state index contributed by atoms with van der Waals surface area (Å²) in [5, 5.41) is 75.5. The Bertz CT molecular complexity index is 998. The predicted molar refractivity (Wildman–Crippen MR) is 87.5 cm³/mol. The zero-order valence-corrected chi connectivity index (χ0v) is 13.8. The minimum atomic E-state index is -1.90. The van der Waals surface area contributed by atoms with E-state index in [1.54, 1.807) is 0 Å². The monoisotopic (exact) mass is 410 g/mol. The maximum atomic E-state index is 11.2. The van der Waals surface area contributed by atoms with Crippen LogP contribution in [0.3, 0.4) is 0 Å². The van der Waals surface area contributed by atoms with Gasteiger partial charge in [0.2, 0.25) is 11.5 Å². The summed E-state index contributed by atoms with van der Waals surface area (Å²) < 4.78 is 4.92. The number of carboxylic acid groups (broad SMARTS) is 4. The lowest BCUT2D eigenvalue weighted by atomic mass is 10.0. The molecule has 13 nitrogen and oxygen atoms in total. The predicted octanol–water partition coefficient (Wildman–Crippen LogP) is 1.09. The number of hydrogen-bond acceptors (Lipinski definition) is 9. The SMILES string of the molecule is O=C(O)c1cc(Oc2cc(C(=O)O)c(C(=O)O)c(O)c2O)c(O)c(O)c1C(=O)O. The molecule has 8 N–H and O–H groups in total. The highest BCUT2D eigenvalue weighted by Gasteiger charge is 2.30. The largest absolute Gasteiger partial charge is 0.504 e. The average Bonchev–Trinajstić information content (AvgIpc) is 2.60. The van der Waals surface area contributed by atoms with Crippen LogP contribution in [0.1, 0.15) is 41.4 Å². The molecule has 0 unspecified atom stereocenters. The van der Waals surface area contributed by atoms with E-state index in [1.165, 1.54) is 0 Å². The van der Waals surface area contributed by atoms with Gasteiger partial charge in [-0.2, -0.15) is 0 Å². The number of hydrogen-bond donors (Lipinski definition) is 8. The van der Waals surface area contributed by atoms with Crippen LogP contribution in [0.4, 0.5) is 0 Å². The number of carbonyl (C=O) groups is 4. The molecule has 0 aliphatic rings. The molecule has 0 fully saturated rings. The van der Waals surface area contributed by atoms with Crippen molar-refractivity contribution in [2.75, 3.05) is 0 Å². The molecule has 0 spiro atoms. The molecule has 0 atom stereocenters. The molecule has 0 radical (unpaired) electrons.